The van der Waals surface area contributed by atoms with E-state index in [1.807, 2.05) is 30.5 Å². The van der Waals surface area contributed by atoms with Gasteiger partial charge in [-0.3, -0.25) is 0 Å². The first-order chi connectivity index (χ1) is 16.1. The van der Waals surface area contributed by atoms with E-state index < -0.39 is 5.97 Å². The first-order valence-corrected chi connectivity index (χ1v) is 10.6. The molecule has 0 unspecified atom stereocenters. The maximum atomic E-state index is 7.53. The molecular weight excluding hydrogens is 601 g/mol. The maximum absolute atomic E-state index is 7.53. The molecule has 1 radical (unpaired) electrons. The standard InChI is InChI=1S/C27H19N2.C2H4O2.Ir/c1-3-10-23(11-4-1)29(24-12-5-2-6-13-24)25-17-15-22(16-18-25)27-26-14-8-7-9-21(26)19-20-28-27;1-2(3)4;/h1-15,17-20H;1H3,(H,3,4);/q-1;;/p+1. The summed E-state index contributed by atoms with van der Waals surface area (Å²) in [6, 6.07) is 40.9. The summed E-state index contributed by atoms with van der Waals surface area (Å²) in [6.45, 7) is 1.19. The number of hydrogen-bond acceptors (Lipinski definition) is 2. The van der Waals surface area contributed by atoms with E-state index in [1.54, 1.807) is 0 Å². The molecule has 0 aliphatic heterocycles. The fourth-order valence-corrected chi connectivity index (χ4v) is 3.64. The predicted molar refractivity (Wildman–Crippen MR) is 136 cm³/mol. The quantitative estimate of drug-likeness (QED) is 0.170. The number of hydrogen-bond donors (Lipinski definition) is 1. The Kier molecular flexibility index (Phi) is 8.69. The Morgan fingerprint density at radius 2 is 1.32 bits per heavy atom. The largest absolute Gasteiger partial charge is 0.477 e. The van der Waals surface area contributed by atoms with E-state index in [1.165, 1.54) is 12.3 Å². The molecule has 4 nitrogen and oxygen atoms in total. The second-order valence-electron chi connectivity index (χ2n) is 7.39. The summed E-state index contributed by atoms with van der Waals surface area (Å²) in [5.74, 6) is -0.583. The molecule has 171 valence electrons. The summed E-state index contributed by atoms with van der Waals surface area (Å²) in [5, 5.41) is 9.85. The molecule has 0 spiro atoms. The number of pyridine rings is 1. The van der Waals surface area contributed by atoms with Crippen molar-refractivity contribution in [3.63, 3.8) is 0 Å². The molecule has 1 aromatic heterocycles. The van der Waals surface area contributed by atoms with Crippen LogP contribution in [0, 0.1) is 6.07 Å². The van der Waals surface area contributed by atoms with E-state index in [2.05, 4.69) is 101 Å². The average Bonchev–Trinajstić information content (AvgIpc) is 2.85. The van der Waals surface area contributed by atoms with Crippen LogP contribution >= 0.6 is 0 Å². The van der Waals surface area contributed by atoms with Gasteiger partial charge in [-0.1, -0.05) is 60.7 Å². The molecule has 2 N–H and O–H groups in total. The van der Waals surface area contributed by atoms with Crippen LogP contribution < -0.4 is 4.90 Å². The third kappa shape index (κ3) is 5.96. The second-order valence-corrected chi connectivity index (χ2v) is 7.39. The number of fused-ring (bicyclic) bond motifs is 1. The van der Waals surface area contributed by atoms with Gasteiger partial charge < -0.3 is 19.8 Å². The number of para-hydroxylation sites is 2. The normalized spacial score (nSPS) is 9.91. The van der Waals surface area contributed by atoms with Gasteiger partial charge in [-0.15, -0.1) is 29.8 Å². The molecule has 5 rings (SSSR count). The molecule has 0 saturated carbocycles. The Morgan fingerprint density at radius 1 is 0.765 bits per heavy atom. The van der Waals surface area contributed by atoms with Crippen molar-refractivity contribution in [2.45, 2.75) is 6.92 Å². The van der Waals surface area contributed by atoms with Crippen LogP contribution in [0.25, 0.3) is 22.0 Å². The molecule has 4 aromatic carbocycles. The molecule has 0 aliphatic rings. The molecule has 0 atom stereocenters. The fraction of sp³-hybridized carbons (Fsp3) is 0.0345. The second kappa shape index (κ2) is 11.9. The summed E-state index contributed by atoms with van der Waals surface area (Å²) < 4.78 is 0. The monoisotopic (exact) mass is 625 g/mol. The van der Waals surface area contributed by atoms with Crippen LogP contribution in [0.2, 0.25) is 0 Å². The van der Waals surface area contributed by atoms with Gasteiger partial charge in [0.25, 0.3) is 0 Å². The number of carboxylic acid groups (broad SMARTS) is 1. The van der Waals surface area contributed by atoms with Crippen molar-refractivity contribution in [1.82, 2.24) is 4.98 Å². The van der Waals surface area contributed by atoms with Crippen LogP contribution in [0.5, 0.6) is 0 Å². The number of anilines is 3. The fourth-order valence-electron chi connectivity index (χ4n) is 3.64. The van der Waals surface area contributed by atoms with Crippen molar-refractivity contribution in [3.8, 4) is 11.3 Å². The van der Waals surface area contributed by atoms with E-state index in [9.17, 15) is 0 Å². The van der Waals surface area contributed by atoms with Crippen molar-refractivity contribution in [2.24, 2.45) is 0 Å². The number of rotatable bonds is 4. The molecule has 5 aromatic rings. The Bertz CT molecular complexity index is 1290. The van der Waals surface area contributed by atoms with Crippen molar-refractivity contribution in [3.05, 3.63) is 121 Å². The zero-order valence-corrected chi connectivity index (χ0v) is 21.0. The van der Waals surface area contributed by atoms with Crippen molar-refractivity contribution in [1.29, 1.82) is 0 Å². The van der Waals surface area contributed by atoms with Gasteiger partial charge in [0, 0.05) is 37.7 Å². The summed E-state index contributed by atoms with van der Waals surface area (Å²) in [7, 11) is 0. The SMILES string of the molecule is CC(O)=[OH+].[Ir].[c-]1cc(N(c2ccccc2)c2ccccc2)ccc1-c1nccc2ccccc12. The Hall–Kier alpha value is -3.79. The van der Waals surface area contributed by atoms with Crippen molar-refractivity contribution in [2.75, 3.05) is 4.90 Å². The van der Waals surface area contributed by atoms with E-state index in [0.717, 1.165) is 33.7 Å². The minimum atomic E-state index is -0.583. The molecule has 5 heteroatoms. The summed E-state index contributed by atoms with van der Waals surface area (Å²) in [5.41, 5.74) is 5.24. The average molecular weight is 625 g/mol. The molecule has 0 amide bonds. The minimum Gasteiger partial charge on any atom is -0.352 e. The van der Waals surface area contributed by atoms with Gasteiger partial charge in [0.1, 0.15) is 0 Å². The smallest absolute Gasteiger partial charge is 0.352 e. The Balaban J connectivity index is 0.000000603. The number of nitrogens with zero attached hydrogens (tertiary/aromatic N) is 2. The first-order valence-electron chi connectivity index (χ1n) is 10.6. The van der Waals surface area contributed by atoms with Crippen LogP contribution in [0.3, 0.4) is 0 Å². The minimum absolute atomic E-state index is 0. The first kappa shape index (κ1) is 24.8. The molecule has 0 bridgehead atoms. The third-order valence-electron chi connectivity index (χ3n) is 5.01. The Labute approximate surface area is 212 Å². The van der Waals surface area contributed by atoms with Crippen LogP contribution in [-0.4, -0.2) is 20.9 Å². The molecule has 1 heterocycles. The number of aromatic nitrogens is 1. The number of benzene rings is 4. The maximum Gasteiger partial charge on any atom is 0.477 e. The molecule has 34 heavy (non-hydrogen) atoms. The molecule has 0 aliphatic carbocycles. The summed E-state index contributed by atoms with van der Waals surface area (Å²) >= 11 is 0. The van der Waals surface area contributed by atoms with E-state index in [-0.39, 0.29) is 20.1 Å². The van der Waals surface area contributed by atoms with Crippen LogP contribution in [0.4, 0.5) is 17.1 Å². The number of aliphatic carboxylic acids is 1. The molecule has 0 saturated heterocycles. The third-order valence-corrected chi connectivity index (χ3v) is 5.01. The van der Waals surface area contributed by atoms with Crippen LogP contribution in [-0.2, 0) is 20.1 Å². The van der Waals surface area contributed by atoms with Gasteiger partial charge in [0.2, 0.25) is 0 Å². The van der Waals surface area contributed by atoms with Gasteiger partial charge in [0.05, 0.1) is 6.92 Å². The summed E-state index contributed by atoms with van der Waals surface area (Å²) in [6.07, 6.45) is 1.86. The number of carboxylic acids is 1. The Morgan fingerprint density at radius 3 is 1.88 bits per heavy atom. The van der Waals surface area contributed by atoms with Gasteiger partial charge >= 0.3 is 5.97 Å². The van der Waals surface area contributed by atoms with Crippen molar-refractivity contribution >= 4 is 33.8 Å². The molecular formula is C29H24IrN2O2. The van der Waals surface area contributed by atoms with Crippen LogP contribution in [0.1, 0.15) is 6.92 Å². The van der Waals surface area contributed by atoms with Gasteiger partial charge in [0.15, 0.2) is 0 Å². The predicted octanol–water partition coefficient (Wildman–Crippen LogP) is 7.24. The van der Waals surface area contributed by atoms with Gasteiger partial charge in [-0.25, -0.2) is 0 Å². The molecule has 0 fully saturated rings. The van der Waals surface area contributed by atoms with Crippen LogP contribution in [0.15, 0.2) is 115 Å². The summed E-state index contributed by atoms with van der Waals surface area (Å²) in [4.78, 5) is 14.4. The van der Waals surface area contributed by atoms with Crippen molar-refractivity contribution < 1.29 is 30.0 Å². The zero-order valence-electron chi connectivity index (χ0n) is 18.6. The van der Waals surface area contributed by atoms with Gasteiger partial charge in [-0.05, 0) is 52.5 Å². The van der Waals surface area contributed by atoms with E-state index in [0.29, 0.717) is 0 Å². The number of aliphatic hydroxyl groups excluding tert-OH is 1. The van der Waals surface area contributed by atoms with E-state index >= 15 is 0 Å². The van der Waals surface area contributed by atoms with E-state index in [4.69, 9.17) is 9.90 Å². The van der Waals surface area contributed by atoms with Gasteiger partial charge in [-0.2, -0.15) is 0 Å². The zero-order chi connectivity index (χ0) is 23.0. The topological polar surface area (TPSA) is 57.8 Å².